The molecule has 0 rings (SSSR count). The number of rotatable bonds is 23. The lowest BCUT2D eigenvalue weighted by Crippen LogP contribution is -2.41. The number of unbranched alkanes of at least 4 members (excludes halogenated alkanes) is 3. The maximum atomic E-state index is 11.8. The van der Waals surface area contributed by atoms with Crippen LogP contribution in [-0.2, 0) is 9.59 Å². The highest BCUT2D eigenvalue weighted by molar-refractivity contribution is 5.85. The molecule has 0 radical (unpaired) electrons. The summed E-state index contributed by atoms with van der Waals surface area (Å²) >= 11 is 0. The molecule has 0 aliphatic carbocycles. The van der Waals surface area contributed by atoms with Crippen LogP contribution >= 0.6 is 12.4 Å². The van der Waals surface area contributed by atoms with Crippen molar-refractivity contribution in [1.29, 1.82) is 0 Å². The monoisotopic (exact) mass is 526 g/mol. The molecule has 0 saturated carbocycles. The minimum atomic E-state index is -0.428. The molecule has 0 fully saturated rings. The van der Waals surface area contributed by atoms with Gasteiger partial charge in [-0.05, 0) is 90.6 Å². The smallest absolute Gasteiger partial charge is 0.236 e. The molecule has 0 aliphatic heterocycles. The van der Waals surface area contributed by atoms with Crippen LogP contribution in [0.15, 0.2) is 0 Å². The van der Waals surface area contributed by atoms with Gasteiger partial charge in [0, 0.05) is 20.2 Å². The Balaban J connectivity index is -0.00000332. The fourth-order valence-corrected chi connectivity index (χ4v) is 3.14. The van der Waals surface area contributed by atoms with E-state index in [9.17, 15) is 9.59 Å². The van der Waals surface area contributed by atoms with Gasteiger partial charge in [-0.2, -0.15) is 0 Å². The Bertz CT molecular complexity index is 424. The summed E-state index contributed by atoms with van der Waals surface area (Å²) in [5, 5.41) is 19.6. The molecule has 0 aliphatic rings. The molecule has 0 bridgehead atoms. The molecule has 12 heteroatoms. The average Bonchev–Trinajstić information content (AvgIpc) is 2.85. The van der Waals surface area contributed by atoms with Gasteiger partial charge in [0.1, 0.15) is 0 Å². The van der Waals surface area contributed by atoms with Crippen LogP contribution < -0.4 is 44.2 Å². The SMILES string of the molecule is CO.Cl.NCCCCC(N)C(=O)NCCCNCCCCNCCCNC(=O)C(N)CCCCN. The van der Waals surface area contributed by atoms with Crippen LogP contribution in [-0.4, -0.2) is 88.5 Å². The molecule has 0 spiro atoms. The summed E-state index contributed by atoms with van der Waals surface area (Å²) in [6, 6.07) is -0.857. The van der Waals surface area contributed by atoms with Crippen molar-refractivity contribution in [3.05, 3.63) is 0 Å². The molecular formula is C23H55ClN8O3. The first-order valence-corrected chi connectivity index (χ1v) is 12.9. The average molecular weight is 527 g/mol. The maximum absolute atomic E-state index is 11.8. The van der Waals surface area contributed by atoms with Gasteiger partial charge < -0.3 is 49.3 Å². The standard InChI is InChI=1S/C22H50N8O2.CH4O.ClH/c23-11-3-1-9-19(25)21(31)29-17-7-15-27-13-5-6-14-28-16-8-18-30-22(32)20(26)10-2-4-12-24;1-2;/h19-20,27-28H,1-18,23-26H2,(H,29,31)(H,30,32);2H,1H3;1H. The highest BCUT2D eigenvalue weighted by Gasteiger charge is 2.12. The maximum Gasteiger partial charge on any atom is 0.236 e. The van der Waals surface area contributed by atoms with Crippen molar-refractivity contribution in [2.45, 2.75) is 76.3 Å². The summed E-state index contributed by atoms with van der Waals surface area (Å²) < 4.78 is 0. The second kappa shape index (κ2) is 31.0. The summed E-state index contributed by atoms with van der Waals surface area (Å²) in [7, 11) is 1.00. The predicted molar refractivity (Wildman–Crippen MR) is 147 cm³/mol. The van der Waals surface area contributed by atoms with Crippen LogP contribution in [0.3, 0.4) is 0 Å². The van der Waals surface area contributed by atoms with Gasteiger partial charge in [0.05, 0.1) is 12.1 Å². The Labute approximate surface area is 219 Å². The molecule has 13 N–H and O–H groups in total. The fourth-order valence-electron chi connectivity index (χ4n) is 3.14. The predicted octanol–water partition coefficient (Wildman–Crippen LogP) is -1.10. The first kappa shape index (κ1) is 38.5. The fraction of sp³-hybridized carbons (Fsp3) is 0.913. The zero-order chi connectivity index (χ0) is 25.9. The molecule has 0 aromatic heterocycles. The molecule has 2 unspecified atom stereocenters. The Morgan fingerprint density at radius 1 is 0.600 bits per heavy atom. The Kier molecular flexibility index (Phi) is 34.1. The number of nitrogens with two attached hydrogens (primary N) is 4. The number of aliphatic hydroxyl groups is 1. The van der Waals surface area contributed by atoms with Gasteiger partial charge in [-0.25, -0.2) is 0 Å². The minimum Gasteiger partial charge on any atom is -0.400 e. The number of hydrogen-bond acceptors (Lipinski definition) is 9. The van der Waals surface area contributed by atoms with Crippen LogP contribution in [0, 0.1) is 0 Å². The minimum absolute atomic E-state index is 0. The lowest BCUT2D eigenvalue weighted by Gasteiger charge is -2.12. The number of carbonyl (C=O) groups is 2. The van der Waals surface area contributed by atoms with Crippen molar-refractivity contribution in [3.8, 4) is 0 Å². The third kappa shape index (κ3) is 27.4. The van der Waals surface area contributed by atoms with Crippen LogP contribution in [0.5, 0.6) is 0 Å². The van der Waals surface area contributed by atoms with E-state index >= 15 is 0 Å². The van der Waals surface area contributed by atoms with Crippen molar-refractivity contribution < 1.29 is 14.7 Å². The van der Waals surface area contributed by atoms with Gasteiger partial charge in [0.15, 0.2) is 0 Å². The highest BCUT2D eigenvalue weighted by atomic mass is 35.5. The van der Waals surface area contributed by atoms with Crippen LogP contribution in [0.2, 0.25) is 0 Å². The third-order valence-corrected chi connectivity index (χ3v) is 5.23. The van der Waals surface area contributed by atoms with Gasteiger partial charge in [-0.1, -0.05) is 12.8 Å². The van der Waals surface area contributed by atoms with E-state index in [-0.39, 0.29) is 24.2 Å². The normalized spacial score (nSPS) is 12.1. The van der Waals surface area contributed by atoms with Crippen molar-refractivity contribution in [2.24, 2.45) is 22.9 Å². The largest absolute Gasteiger partial charge is 0.400 e. The zero-order valence-corrected chi connectivity index (χ0v) is 22.7. The highest BCUT2D eigenvalue weighted by Crippen LogP contribution is 1.98. The zero-order valence-electron chi connectivity index (χ0n) is 21.9. The third-order valence-electron chi connectivity index (χ3n) is 5.23. The van der Waals surface area contributed by atoms with Crippen molar-refractivity contribution in [3.63, 3.8) is 0 Å². The van der Waals surface area contributed by atoms with E-state index in [4.69, 9.17) is 28.0 Å². The summed E-state index contributed by atoms with van der Waals surface area (Å²) in [5.74, 6) is -0.143. The summed E-state index contributed by atoms with van der Waals surface area (Å²) in [6.07, 6.45) is 8.95. The molecule has 0 heterocycles. The lowest BCUT2D eigenvalue weighted by atomic mass is 10.1. The molecule has 0 aromatic rings. The van der Waals surface area contributed by atoms with E-state index in [0.29, 0.717) is 39.0 Å². The molecule has 0 saturated heterocycles. The van der Waals surface area contributed by atoms with Gasteiger partial charge in [0.2, 0.25) is 11.8 Å². The summed E-state index contributed by atoms with van der Waals surface area (Å²) in [6.45, 7) is 6.26. The van der Waals surface area contributed by atoms with E-state index in [1.54, 1.807) is 0 Å². The Morgan fingerprint density at radius 2 is 0.943 bits per heavy atom. The van der Waals surface area contributed by atoms with Crippen LogP contribution in [0.4, 0.5) is 0 Å². The van der Waals surface area contributed by atoms with E-state index < -0.39 is 12.1 Å². The van der Waals surface area contributed by atoms with Gasteiger partial charge >= 0.3 is 0 Å². The first-order valence-electron chi connectivity index (χ1n) is 12.9. The van der Waals surface area contributed by atoms with Crippen molar-refractivity contribution in [2.75, 3.05) is 59.5 Å². The van der Waals surface area contributed by atoms with E-state index in [0.717, 1.165) is 84.7 Å². The van der Waals surface area contributed by atoms with Gasteiger partial charge in [-0.3, -0.25) is 9.59 Å². The number of hydrogen-bond donors (Lipinski definition) is 9. The molecule has 212 valence electrons. The second-order valence-corrected chi connectivity index (χ2v) is 8.28. The molecule has 11 nitrogen and oxygen atoms in total. The molecule has 0 aromatic carbocycles. The number of carbonyl (C=O) groups excluding carboxylic acids is 2. The van der Waals surface area contributed by atoms with E-state index in [2.05, 4.69) is 21.3 Å². The molecule has 35 heavy (non-hydrogen) atoms. The molecule has 2 atom stereocenters. The lowest BCUT2D eigenvalue weighted by molar-refractivity contribution is -0.123. The van der Waals surface area contributed by atoms with E-state index in [1.807, 2.05) is 0 Å². The molecular weight excluding hydrogens is 472 g/mol. The summed E-state index contributed by atoms with van der Waals surface area (Å²) in [5.41, 5.74) is 22.6. The number of nitrogens with one attached hydrogen (secondary N) is 4. The van der Waals surface area contributed by atoms with E-state index in [1.165, 1.54) is 0 Å². The van der Waals surface area contributed by atoms with Crippen molar-refractivity contribution in [1.82, 2.24) is 21.3 Å². The number of aliphatic hydroxyl groups excluding tert-OH is 1. The van der Waals surface area contributed by atoms with Crippen LogP contribution in [0.1, 0.15) is 64.2 Å². The molecule has 2 amide bonds. The number of amides is 2. The van der Waals surface area contributed by atoms with Crippen molar-refractivity contribution >= 4 is 24.2 Å². The van der Waals surface area contributed by atoms with Gasteiger partial charge in [0.25, 0.3) is 0 Å². The Morgan fingerprint density at radius 3 is 1.29 bits per heavy atom. The topological polar surface area (TPSA) is 207 Å². The first-order chi connectivity index (χ1) is 16.5. The Hall–Kier alpha value is -1.05. The van der Waals surface area contributed by atoms with Crippen LogP contribution in [0.25, 0.3) is 0 Å². The number of halogens is 1. The second-order valence-electron chi connectivity index (χ2n) is 8.28. The van der Waals surface area contributed by atoms with Gasteiger partial charge in [-0.15, -0.1) is 12.4 Å². The quantitative estimate of drug-likeness (QED) is 0.0739. The summed E-state index contributed by atoms with van der Waals surface area (Å²) in [4.78, 5) is 23.7.